The van der Waals surface area contributed by atoms with Crippen molar-refractivity contribution < 1.29 is 36.6 Å². The van der Waals surface area contributed by atoms with Gasteiger partial charge in [0.1, 0.15) is 23.8 Å². The first-order valence-electron chi connectivity index (χ1n) is 12.6. The van der Waals surface area contributed by atoms with E-state index in [9.17, 15) is 22.4 Å². The molecule has 2 amide bonds. The van der Waals surface area contributed by atoms with E-state index in [1.165, 1.54) is 30.0 Å². The van der Waals surface area contributed by atoms with E-state index >= 15 is 0 Å². The number of aromatic nitrogens is 2. The molecule has 1 aliphatic heterocycles. The van der Waals surface area contributed by atoms with Crippen LogP contribution in [0.15, 0.2) is 48.5 Å². The molecule has 0 spiro atoms. The summed E-state index contributed by atoms with van der Waals surface area (Å²) in [6.07, 6.45) is -6.32. The van der Waals surface area contributed by atoms with Crippen LogP contribution in [-0.2, 0) is 17.9 Å². The van der Waals surface area contributed by atoms with Crippen LogP contribution in [0.25, 0.3) is 5.69 Å². The number of carbonyl (C=O) groups excluding carboxylic acids is 1. The summed E-state index contributed by atoms with van der Waals surface area (Å²) < 4.78 is 70.0. The molecule has 0 bridgehead atoms. The maximum atomic E-state index is 14.7. The molecule has 3 aromatic rings. The lowest BCUT2D eigenvalue weighted by atomic mass is 10.1. The molecule has 40 heavy (non-hydrogen) atoms. The zero-order chi connectivity index (χ0) is 28.9. The first kappa shape index (κ1) is 29.2. The molecular formula is C27H31F4N5O4. The van der Waals surface area contributed by atoms with Gasteiger partial charge in [-0.3, -0.25) is 5.32 Å². The maximum Gasteiger partial charge on any atom is 0.573 e. The Labute approximate surface area is 229 Å². The zero-order valence-corrected chi connectivity index (χ0v) is 22.3. The molecule has 216 valence electrons. The number of urea groups is 1. The summed E-state index contributed by atoms with van der Waals surface area (Å²) >= 11 is 0. The molecule has 4 rings (SSSR count). The summed E-state index contributed by atoms with van der Waals surface area (Å²) in [6, 6.07) is 12.3. The van der Waals surface area contributed by atoms with Gasteiger partial charge in [0.2, 0.25) is 5.88 Å². The Morgan fingerprint density at radius 3 is 2.60 bits per heavy atom. The number of carbonyl (C=O) groups is 1. The van der Waals surface area contributed by atoms with Gasteiger partial charge in [0.25, 0.3) is 0 Å². The van der Waals surface area contributed by atoms with Gasteiger partial charge in [-0.25, -0.2) is 13.9 Å². The van der Waals surface area contributed by atoms with E-state index in [-0.39, 0.29) is 37.0 Å². The van der Waals surface area contributed by atoms with Gasteiger partial charge in [-0.15, -0.1) is 18.3 Å². The number of hydrogen-bond donors (Lipinski definition) is 2. The number of halogens is 4. The highest BCUT2D eigenvalue weighted by molar-refractivity contribution is 5.89. The molecule has 2 atom stereocenters. The van der Waals surface area contributed by atoms with Crippen molar-refractivity contribution in [1.29, 1.82) is 0 Å². The fourth-order valence-corrected chi connectivity index (χ4v) is 4.38. The van der Waals surface area contributed by atoms with Crippen LogP contribution in [0.5, 0.6) is 11.6 Å². The number of rotatable bonds is 9. The Morgan fingerprint density at radius 2 is 1.93 bits per heavy atom. The highest BCUT2D eigenvalue weighted by atomic mass is 19.4. The molecule has 1 unspecified atom stereocenters. The number of alkyl halides is 4. The monoisotopic (exact) mass is 565 g/mol. The molecule has 0 saturated carbocycles. The first-order valence-corrected chi connectivity index (χ1v) is 12.6. The third-order valence-corrected chi connectivity index (χ3v) is 6.36. The van der Waals surface area contributed by atoms with Crippen LogP contribution in [0.1, 0.15) is 23.1 Å². The van der Waals surface area contributed by atoms with Crippen molar-refractivity contribution in [3.8, 4) is 17.3 Å². The van der Waals surface area contributed by atoms with Crippen molar-refractivity contribution in [2.45, 2.75) is 45.1 Å². The summed E-state index contributed by atoms with van der Waals surface area (Å²) in [5.41, 5.74) is 1.79. The Morgan fingerprint density at radius 1 is 1.18 bits per heavy atom. The summed E-state index contributed by atoms with van der Waals surface area (Å²) in [4.78, 5) is 14.8. The maximum absolute atomic E-state index is 14.7. The molecule has 2 N–H and O–H groups in total. The lowest BCUT2D eigenvalue weighted by Crippen LogP contribution is -2.45. The standard InChI is InChI=1S/C27H31F4N5O4/c1-17-24(33-26(37)32-14-19-13-18(16-38-3)9-10-22(19)40-27(29,30)31)36(20-7-5-4-6-8-20)34-25(17)39-23-11-12-35(2)15-21(23)28/h4-10,13,21,23H,11-12,14-16H2,1-3H3,(H2,32,33,37)/t21?,23-/m1/s1. The minimum atomic E-state index is -4.90. The molecule has 2 heterocycles. The second kappa shape index (κ2) is 12.6. The van der Waals surface area contributed by atoms with Gasteiger partial charge in [-0.2, -0.15) is 0 Å². The molecule has 0 radical (unpaired) electrons. The lowest BCUT2D eigenvalue weighted by Gasteiger charge is -2.31. The SMILES string of the molecule is COCc1ccc(OC(F)(F)F)c(CNC(=O)Nc2c(C)c(O[C@@H]3CCN(C)CC3F)nn2-c2ccccc2)c1. The van der Waals surface area contributed by atoms with Crippen molar-refractivity contribution in [3.05, 3.63) is 65.2 Å². The fraction of sp³-hybridized carbons (Fsp3) is 0.407. The van der Waals surface area contributed by atoms with Crippen molar-refractivity contribution in [2.75, 3.05) is 32.6 Å². The van der Waals surface area contributed by atoms with Gasteiger partial charge < -0.3 is 24.4 Å². The second-order valence-corrected chi connectivity index (χ2v) is 9.48. The fourth-order valence-electron chi connectivity index (χ4n) is 4.38. The molecule has 1 saturated heterocycles. The number of nitrogens with one attached hydrogen (secondary N) is 2. The molecule has 1 aliphatic rings. The number of anilines is 1. The number of benzene rings is 2. The molecular weight excluding hydrogens is 534 g/mol. The highest BCUT2D eigenvalue weighted by Crippen LogP contribution is 2.31. The summed E-state index contributed by atoms with van der Waals surface area (Å²) in [5, 5.41) is 9.78. The molecule has 2 aromatic carbocycles. The molecule has 0 aliphatic carbocycles. The van der Waals surface area contributed by atoms with E-state index in [1.807, 2.05) is 18.0 Å². The predicted octanol–water partition coefficient (Wildman–Crippen LogP) is 4.97. The summed E-state index contributed by atoms with van der Waals surface area (Å²) in [5.74, 6) is -0.000767. The number of ether oxygens (including phenoxy) is 3. The van der Waals surface area contributed by atoms with Gasteiger partial charge >= 0.3 is 12.4 Å². The van der Waals surface area contributed by atoms with E-state index in [2.05, 4.69) is 20.5 Å². The van der Waals surface area contributed by atoms with Crippen LogP contribution >= 0.6 is 0 Å². The molecule has 9 nitrogen and oxygen atoms in total. The first-order chi connectivity index (χ1) is 19.0. The summed E-state index contributed by atoms with van der Waals surface area (Å²) in [7, 11) is 3.30. The van der Waals surface area contributed by atoms with E-state index in [0.29, 0.717) is 29.8 Å². The van der Waals surface area contributed by atoms with E-state index in [0.717, 1.165) is 0 Å². The van der Waals surface area contributed by atoms with E-state index in [1.54, 1.807) is 31.2 Å². The van der Waals surface area contributed by atoms with Crippen molar-refractivity contribution >= 4 is 11.8 Å². The normalized spacial score (nSPS) is 17.9. The van der Waals surface area contributed by atoms with Crippen molar-refractivity contribution in [1.82, 2.24) is 20.0 Å². The minimum Gasteiger partial charge on any atom is -0.470 e. The predicted molar refractivity (Wildman–Crippen MR) is 139 cm³/mol. The van der Waals surface area contributed by atoms with Crippen LogP contribution in [0, 0.1) is 6.92 Å². The highest BCUT2D eigenvalue weighted by Gasteiger charge is 2.33. The van der Waals surface area contributed by atoms with Gasteiger partial charge in [-0.1, -0.05) is 24.3 Å². The zero-order valence-electron chi connectivity index (χ0n) is 22.3. The third kappa shape index (κ3) is 7.42. The van der Waals surface area contributed by atoms with Crippen LogP contribution < -0.4 is 20.1 Å². The van der Waals surface area contributed by atoms with Crippen LogP contribution in [-0.4, -0.2) is 66.6 Å². The molecule has 13 heteroatoms. The average Bonchev–Trinajstić information content (AvgIpc) is 3.20. The van der Waals surface area contributed by atoms with Crippen LogP contribution in [0.3, 0.4) is 0 Å². The van der Waals surface area contributed by atoms with Crippen LogP contribution in [0.4, 0.5) is 28.2 Å². The lowest BCUT2D eigenvalue weighted by molar-refractivity contribution is -0.274. The van der Waals surface area contributed by atoms with Gasteiger partial charge in [-0.05, 0) is 50.2 Å². The number of para-hydroxylation sites is 1. The number of nitrogens with zero attached hydrogens (tertiary/aromatic N) is 3. The van der Waals surface area contributed by atoms with E-state index in [4.69, 9.17) is 9.47 Å². The number of methoxy groups -OCH3 is 1. The number of amides is 2. The Bertz CT molecular complexity index is 1300. The third-order valence-electron chi connectivity index (χ3n) is 6.36. The minimum absolute atomic E-state index is 0.107. The van der Waals surface area contributed by atoms with Crippen molar-refractivity contribution in [2.24, 2.45) is 0 Å². The number of hydrogen-bond acceptors (Lipinski definition) is 6. The molecule has 1 aromatic heterocycles. The summed E-state index contributed by atoms with van der Waals surface area (Å²) in [6.45, 7) is 2.49. The Balaban J connectivity index is 1.55. The Hall–Kier alpha value is -3.84. The largest absolute Gasteiger partial charge is 0.573 e. The van der Waals surface area contributed by atoms with E-state index < -0.39 is 30.4 Å². The van der Waals surface area contributed by atoms with Gasteiger partial charge in [0.15, 0.2) is 0 Å². The topological polar surface area (TPSA) is 89.9 Å². The number of piperidine rings is 1. The van der Waals surface area contributed by atoms with Crippen LogP contribution in [0.2, 0.25) is 0 Å². The average molecular weight is 566 g/mol. The van der Waals surface area contributed by atoms with Crippen molar-refractivity contribution in [3.63, 3.8) is 0 Å². The quantitative estimate of drug-likeness (QED) is 0.357. The van der Waals surface area contributed by atoms with Gasteiger partial charge in [0, 0.05) is 32.3 Å². The second-order valence-electron chi connectivity index (χ2n) is 9.48. The Kier molecular flexibility index (Phi) is 9.15. The number of likely N-dealkylation sites (tertiary alicyclic amines) is 1. The smallest absolute Gasteiger partial charge is 0.470 e. The molecule has 1 fully saturated rings. The van der Waals surface area contributed by atoms with Gasteiger partial charge in [0.05, 0.1) is 17.9 Å².